The molecule has 1 aliphatic heterocycles. The molecule has 1 N–H and O–H groups in total. The Morgan fingerprint density at radius 2 is 2.22 bits per heavy atom. The Bertz CT molecular complexity index is 420. The highest BCUT2D eigenvalue weighted by Crippen LogP contribution is 2.11. The fourth-order valence-electron chi connectivity index (χ4n) is 2.25. The van der Waals surface area contributed by atoms with E-state index < -0.39 is 0 Å². The number of ether oxygens (including phenoxy) is 1. The molecule has 1 aromatic carbocycles. The van der Waals surface area contributed by atoms with Crippen molar-refractivity contribution in [3.63, 3.8) is 0 Å². The first-order valence-electron chi connectivity index (χ1n) is 6.26. The Morgan fingerprint density at radius 3 is 2.89 bits per heavy atom. The number of hydrogen-bond acceptors (Lipinski definition) is 3. The van der Waals surface area contributed by atoms with E-state index in [9.17, 15) is 4.79 Å². The number of hydrogen-bond donors (Lipinski definition) is 1. The van der Waals surface area contributed by atoms with Gasteiger partial charge in [0.05, 0.1) is 12.6 Å². The van der Waals surface area contributed by atoms with E-state index in [1.165, 1.54) is 5.56 Å². The van der Waals surface area contributed by atoms with Gasteiger partial charge in [0.2, 0.25) is 5.91 Å². The van der Waals surface area contributed by atoms with Crippen LogP contribution in [-0.4, -0.2) is 37.6 Å². The standard InChI is InChI=1S/C14H20N2O2/c1-16-7-6-13(14(16)17)15-9-11-4-3-5-12(8-11)10-18-2/h3-5,8,13,15H,6-7,9-10H2,1-2H3. The Hall–Kier alpha value is -1.39. The minimum atomic E-state index is -0.0268. The summed E-state index contributed by atoms with van der Waals surface area (Å²) in [5.74, 6) is 0.197. The highest BCUT2D eigenvalue weighted by molar-refractivity contribution is 5.83. The van der Waals surface area contributed by atoms with Gasteiger partial charge in [-0.05, 0) is 17.5 Å². The second-order valence-electron chi connectivity index (χ2n) is 4.73. The first-order chi connectivity index (χ1) is 8.70. The second kappa shape index (κ2) is 5.98. The zero-order chi connectivity index (χ0) is 13.0. The van der Waals surface area contributed by atoms with Crippen LogP contribution in [0.4, 0.5) is 0 Å². The van der Waals surface area contributed by atoms with Gasteiger partial charge >= 0.3 is 0 Å². The Morgan fingerprint density at radius 1 is 1.44 bits per heavy atom. The summed E-state index contributed by atoms with van der Waals surface area (Å²) < 4.78 is 5.11. The van der Waals surface area contributed by atoms with Gasteiger partial charge in [0.25, 0.3) is 0 Å². The van der Waals surface area contributed by atoms with Crippen LogP contribution in [0.5, 0.6) is 0 Å². The minimum Gasteiger partial charge on any atom is -0.380 e. The Labute approximate surface area is 108 Å². The van der Waals surface area contributed by atoms with E-state index in [0.29, 0.717) is 6.61 Å². The largest absolute Gasteiger partial charge is 0.380 e. The molecule has 1 fully saturated rings. The SMILES string of the molecule is COCc1cccc(CNC2CCN(C)C2=O)c1. The van der Waals surface area contributed by atoms with Gasteiger partial charge in [-0.3, -0.25) is 4.79 Å². The predicted molar refractivity (Wildman–Crippen MR) is 70.0 cm³/mol. The molecular weight excluding hydrogens is 228 g/mol. The molecule has 1 aliphatic rings. The van der Waals surface area contributed by atoms with Gasteiger partial charge in [-0.15, -0.1) is 0 Å². The molecule has 1 saturated heterocycles. The molecule has 1 unspecified atom stereocenters. The van der Waals surface area contributed by atoms with E-state index in [1.54, 1.807) is 12.0 Å². The number of likely N-dealkylation sites (N-methyl/N-ethyl adjacent to an activating group) is 1. The van der Waals surface area contributed by atoms with Gasteiger partial charge in [0, 0.05) is 27.2 Å². The maximum absolute atomic E-state index is 11.7. The van der Waals surface area contributed by atoms with Crippen molar-refractivity contribution in [3.8, 4) is 0 Å². The van der Waals surface area contributed by atoms with Crippen molar-refractivity contribution in [1.29, 1.82) is 0 Å². The molecule has 0 aromatic heterocycles. The first kappa shape index (κ1) is 13.1. The van der Waals surface area contributed by atoms with Crippen molar-refractivity contribution in [3.05, 3.63) is 35.4 Å². The maximum atomic E-state index is 11.7. The maximum Gasteiger partial charge on any atom is 0.239 e. The third kappa shape index (κ3) is 3.09. The molecule has 4 heteroatoms. The summed E-state index contributed by atoms with van der Waals surface area (Å²) >= 11 is 0. The number of benzene rings is 1. The molecule has 0 spiro atoms. The van der Waals surface area contributed by atoms with Crippen LogP contribution in [0.3, 0.4) is 0 Å². The number of rotatable bonds is 5. The van der Waals surface area contributed by atoms with Gasteiger partial charge < -0.3 is 15.0 Å². The number of nitrogens with zero attached hydrogens (tertiary/aromatic N) is 1. The fourth-order valence-corrected chi connectivity index (χ4v) is 2.25. The average molecular weight is 248 g/mol. The van der Waals surface area contributed by atoms with Crippen LogP contribution in [0.1, 0.15) is 17.5 Å². The molecule has 1 amide bonds. The second-order valence-corrected chi connectivity index (χ2v) is 4.73. The van der Waals surface area contributed by atoms with Gasteiger partial charge in [0.15, 0.2) is 0 Å². The van der Waals surface area contributed by atoms with Crippen LogP contribution in [0, 0.1) is 0 Å². The monoisotopic (exact) mass is 248 g/mol. The molecule has 2 rings (SSSR count). The van der Waals surface area contributed by atoms with Crippen molar-refractivity contribution in [2.45, 2.75) is 25.6 Å². The Kier molecular flexibility index (Phi) is 4.33. The summed E-state index contributed by atoms with van der Waals surface area (Å²) in [4.78, 5) is 13.5. The molecule has 18 heavy (non-hydrogen) atoms. The number of nitrogens with one attached hydrogen (secondary N) is 1. The number of carbonyl (C=O) groups is 1. The summed E-state index contributed by atoms with van der Waals surface area (Å²) in [6.45, 7) is 2.20. The lowest BCUT2D eigenvalue weighted by Gasteiger charge is -2.12. The average Bonchev–Trinajstić information content (AvgIpc) is 2.69. The van der Waals surface area contributed by atoms with E-state index in [-0.39, 0.29) is 11.9 Å². The lowest BCUT2D eigenvalue weighted by Crippen LogP contribution is -2.36. The molecule has 0 aliphatic carbocycles. The normalized spacial score (nSPS) is 19.6. The number of likely N-dealkylation sites (tertiary alicyclic amines) is 1. The van der Waals surface area contributed by atoms with E-state index in [2.05, 4.69) is 17.4 Å². The smallest absolute Gasteiger partial charge is 0.239 e. The summed E-state index contributed by atoms with van der Waals surface area (Å²) in [5, 5.41) is 3.32. The van der Waals surface area contributed by atoms with Crippen LogP contribution < -0.4 is 5.32 Å². The summed E-state index contributed by atoms with van der Waals surface area (Å²) in [5.41, 5.74) is 2.35. The predicted octanol–water partition coefficient (Wildman–Crippen LogP) is 1.15. The molecule has 0 bridgehead atoms. The van der Waals surface area contributed by atoms with Crippen LogP contribution >= 0.6 is 0 Å². The van der Waals surface area contributed by atoms with Gasteiger partial charge in [-0.2, -0.15) is 0 Å². The quantitative estimate of drug-likeness (QED) is 0.850. The summed E-state index contributed by atoms with van der Waals surface area (Å²) in [6.07, 6.45) is 0.896. The zero-order valence-electron chi connectivity index (χ0n) is 11.0. The Balaban J connectivity index is 1.90. The molecule has 1 heterocycles. The van der Waals surface area contributed by atoms with Crippen molar-refractivity contribution in [1.82, 2.24) is 10.2 Å². The minimum absolute atomic E-state index is 0.0268. The molecule has 1 atom stereocenters. The van der Waals surface area contributed by atoms with Crippen molar-refractivity contribution in [2.75, 3.05) is 20.7 Å². The lowest BCUT2D eigenvalue weighted by atomic mass is 10.1. The van der Waals surface area contributed by atoms with E-state index >= 15 is 0 Å². The molecular formula is C14H20N2O2. The summed E-state index contributed by atoms with van der Waals surface area (Å²) in [7, 11) is 3.54. The van der Waals surface area contributed by atoms with Gasteiger partial charge in [-0.1, -0.05) is 24.3 Å². The van der Waals surface area contributed by atoms with Crippen LogP contribution in [-0.2, 0) is 22.7 Å². The van der Waals surface area contributed by atoms with E-state index in [4.69, 9.17) is 4.74 Å². The van der Waals surface area contributed by atoms with Crippen molar-refractivity contribution in [2.24, 2.45) is 0 Å². The van der Waals surface area contributed by atoms with Gasteiger partial charge in [-0.25, -0.2) is 0 Å². The third-order valence-electron chi connectivity index (χ3n) is 3.28. The van der Waals surface area contributed by atoms with E-state index in [1.807, 2.05) is 19.2 Å². The van der Waals surface area contributed by atoms with E-state index in [0.717, 1.165) is 25.1 Å². The van der Waals surface area contributed by atoms with Crippen molar-refractivity contribution >= 4 is 5.91 Å². The number of amides is 1. The van der Waals surface area contributed by atoms with Crippen LogP contribution in [0.15, 0.2) is 24.3 Å². The van der Waals surface area contributed by atoms with Crippen LogP contribution in [0.2, 0.25) is 0 Å². The number of methoxy groups -OCH3 is 1. The molecule has 1 aromatic rings. The topological polar surface area (TPSA) is 41.6 Å². The highest BCUT2D eigenvalue weighted by Gasteiger charge is 2.28. The molecule has 0 saturated carbocycles. The van der Waals surface area contributed by atoms with Crippen LogP contribution in [0.25, 0.3) is 0 Å². The van der Waals surface area contributed by atoms with Crippen molar-refractivity contribution < 1.29 is 9.53 Å². The lowest BCUT2D eigenvalue weighted by molar-refractivity contribution is -0.128. The molecule has 0 radical (unpaired) electrons. The molecule has 98 valence electrons. The highest BCUT2D eigenvalue weighted by atomic mass is 16.5. The van der Waals surface area contributed by atoms with Gasteiger partial charge in [0.1, 0.15) is 0 Å². The fraction of sp³-hybridized carbons (Fsp3) is 0.500. The molecule has 4 nitrogen and oxygen atoms in total. The third-order valence-corrected chi connectivity index (χ3v) is 3.28. The first-order valence-corrected chi connectivity index (χ1v) is 6.26. The number of carbonyl (C=O) groups excluding carboxylic acids is 1. The summed E-state index contributed by atoms with van der Waals surface area (Å²) in [6, 6.07) is 8.21. The zero-order valence-corrected chi connectivity index (χ0v) is 11.0.